The Labute approximate surface area is 172 Å². The van der Waals surface area contributed by atoms with Gasteiger partial charge in [-0.3, -0.25) is 9.59 Å². The van der Waals surface area contributed by atoms with Crippen molar-refractivity contribution in [3.05, 3.63) is 94.0 Å². The molecule has 28 heavy (non-hydrogen) atoms. The third kappa shape index (κ3) is 5.08. The largest absolute Gasteiger partial charge is 0.486 e. The molecule has 142 valence electrons. The Kier molecular flexibility index (Phi) is 6.26. The van der Waals surface area contributed by atoms with Gasteiger partial charge < -0.3 is 10.1 Å². The van der Waals surface area contributed by atoms with Crippen LogP contribution in [-0.2, 0) is 0 Å². The summed E-state index contributed by atoms with van der Waals surface area (Å²) in [6.07, 6.45) is -0.217. The van der Waals surface area contributed by atoms with Crippen LogP contribution in [0.3, 0.4) is 0 Å². The van der Waals surface area contributed by atoms with Crippen LogP contribution >= 0.6 is 15.9 Å². The zero-order chi connectivity index (χ0) is 20.1. The van der Waals surface area contributed by atoms with E-state index in [2.05, 4.69) is 21.2 Å². The average molecular weight is 438 g/mol. The summed E-state index contributed by atoms with van der Waals surface area (Å²) in [5, 5.41) is 2.87. The standard InChI is InChI=1S/C23H20BrNO3/c1-15(26)17-6-8-18(9-7-17)16(2)28-22-5-3-4-19(14-22)23(27)25-21-12-10-20(24)11-13-21/h3-14,16H,1-2H3,(H,25,27). The van der Waals surface area contributed by atoms with Crippen molar-refractivity contribution in [2.24, 2.45) is 0 Å². The second kappa shape index (κ2) is 8.85. The van der Waals surface area contributed by atoms with E-state index < -0.39 is 0 Å². The Balaban J connectivity index is 1.69. The number of halogens is 1. The number of ketones is 1. The molecule has 0 radical (unpaired) electrons. The number of nitrogens with one attached hydrogen (secondary N) is 1. The first kappa shape index (κ1) is 19.8. The maximum Gasteiger partial charge on any atom is 0.255 e. The maximum absolute atomic E-state index is 12.5. The molecule has 1 unspecified atom stereocenters. The Morgan fingerprint density at radius 1 is 0.929 bits per heavy atom. The predicted molar refractivity (Wildman–Crippen MR) is 114 cm³/mol. The topological polar surface area (TPSA) is 55.4 Å². The lowest BCUT2D eigenvalue weighted by molar-refractivity contribution is 0.101. The quantitative estimate of drug-likeness (QED) is 0.477. The van der Waals surface area contributed by atoms with E-state index in [0.29, 0.717) is 16.9 Å². The predicted octanol–water partition coefficient (Wildman–Crippen LogP) is 6.04. The molecule has 0 saturated carbocycles. The molecule has 0 fully saturated rings. The van der Waals surface area contributed by atoms with Gasteiger partial charge in [-0.15, -0.1) is 0 Å². The van der Waals surface area contributed by atoms with Gasteiger partial charge in [0.2, 0.25) is 0 Å². The molecule has 0 spiro atoms. The lowest BCUT2D eigenvalue weighted by atomic mass is 10.1. The summed E-state index contributed by atoms with van der Waals surface area (Å²) in [6.45, 7) is 3.47. The molecule has 3 aromatic rings. The minimum atomic E-state index is -0.217. The monoisotopic (exact) mass is 437 g/mol. The van der Waals surface area contributed by atoms with Crippen molar-refractivity contribution in [1.82, 2.24) is 0 Å². The third-order valence-electron chi connectivity index (χ3n) is 4.30. The van der Waals surface area contributed by atoms with Crippen molar-refractivity contribution in [2.75, 3.05) is 5.32 Å². The summed E-state index contributed by atoms with van der Waals surface area (Å²) in [5.74, 6) is 0.433. The summed E-state index contributed by atoms with van der Waals surface area (Å²) in [7, 11) is 0. The van der Waals surface area contributed by atoms with Gasteiger partial charge in [0.15, 0.2) is 5.78 Å². The van der Waals surface area contributed by atoms with Crippen LogP contribution in [0.15, 0.2) is 77.3 Å². The molecular weight excluding hydrogens is 418 g/mol. The molecule has 1 atom stereocenters. The number of hydrogen-bond donors (Lipinski definition) is 1. The van der Waals surface area contributed by atoms with Crippen LogP contribution in [0.4, 0.5) is 5.69 Å². The normalized spacial score (nSPS) is 11.5. The summed E-state index contributed by atoms with van der Waals surface area (Å²) < 4.78 is 6.94. The molecule has 4 nitrogen and oxygen atoms in total. The van der Waals surface area contributed by atoms with Crippen LogP contribution in [0.25, 0.3) is 0 Å². The molecule has 3 aromatic carbocycles. The average Bonchev–Trinajstić information content (AvgIpc) is 2.70. The highest BCUT2D eigenvalue weighted by atomic mass is 79.9. The lowest BCUT2D eigenvalue weighted by Crippen LogP contribution is -2.12. The number of carbonyl (C=O) groups excluding carboxylic acids is 2. The number of amides is 1. The number of benzene rings is 3. The van der Waals surface area contributed by atoms with Gasteiger partial charge in [-0.2, -0.15) is 0 Å². The number of ether oxygens (including phenoxy) is 1. The number of Topliss-reactive ketones (excluding diaryl/α,β-unsaturated/α-hetero) is 1. The molecule has 0 aliphatic heterocycles. The highest BCUT2D eigenvalue weighted by Crippen LogP contribution is 2.24. The van der Waals surface area contributed by atoms with Gasteiger partial charge in [-0.25, -0.2) is 0 Å². The Morgan fingerprint density at radius 3 is 2.25 bits per heavy atom. The van der Waals surface area contributed by atoms with E-state index in [1.807, 2.05) is 49.4 Å². The molecule has 0 saturated heterocycles. The summed E-state index contributed by atoms with van der Waals surface area (Å²) in [5.41, 5.74) is 2.86. The molecule has 3 rings (SSSR count). The van der Waals surface area contributed by atoms with E-state index in [0.717, 1.165) is 15.7 Å². The molecule has 0 aromatic heterocycles. The first-order chi connectivity index (χ1) is 13.4. The highest BCUT2D eigenvalue weighted by molar-refractivity contribution is 9.10. The highest BCUT2D eigenvalue weighted by Gasteiger charge is 2.11. The first-order valence-corrected chi connectivity index (χ1v) is 9.66. The van der Waals surface area contributed by atoms with Crippen molar-refractivity contribution >= 4 is 33.3 Å². The third-order valence-corrected chi connectivity index (χ3v) is 4.83. The summed E-state index contributed by atoms with van der Waals surface area (Å²) >= 11 is 3.37. The van der Waals surface area contributed by atoms with Crippen LogP contribution in [0.2, 0.25) is 0 Å². The number of anilines is 1. The fourth-order valence-electron chi connectivity index (χ4n) is 2.71. The second-order valence-corrected chi connectivity index (χ2v) is 7.34. The minimum Gasteiger partial charge on any atom is -0.486 e. The van der Waals surface area contributed by atoms with Crippen LogP contribution in [0.1, 0.15) is 46.2 Å². The van der Waals surface area contributed by atoms with E-state index in [4.69, 9.17) is 4.74 Å². The molecule has 0 aliphatic rings. The summed E-state index contributed by atoms with van der Waals surface area (Å²) in [6, 6.07) is 21.8. The maximum atomic E-state index is 12.5. The van der Waals surface area contributed by atoms with Crippen molar-refractivity contribution < 1.29 is 14.3 Å². The first-order valence-electron chi connectivity index (χ1n) is 8.87. The molecule has 1 amide bonds. The minimum absolute atomic E-state index is 0.0320. The smallest absolute Gasteiger partial charge is 0.255 e. The van der Waals surface area contributed by atoms with Crippen molar-refractivity contribution in [3.63, 3.8) is 0 Å². The zero-order valence-electron chi connectivity index (χ0n) is 15.6. The van der Waals surface area contributed by atoms with Crippen molar-refractivity contribution in [2.45, 2.75) is 20.0 Å². The van der Waals surface area contributed by atoms with E-state index in [-0.39, 0.29) is 17.8 Å². The fourth-order valence-corrected chi connectivity index (χ4v) is 2.97. The number of carbonyl (C=O) groups is 2. The van der Waals surface area contributed by atoms with Gasteiger partial charge in [0, 0.05) is 21.3 Å². The van der Waals surface area contributed by atoms with Gasteiger partial charge >= 0.3 is 0 Å². The van der Waals surface area contributed by atoms with Gasteiger partial charge in [0.05, 0.1) is 0 Å². The zero-order valence-corrected chi connectivity index (χ0v) is 17.2. The van der Waals surface area contributed by atoms with Crippen LogP contribution < -0.4 is 10.1 Å². The molecule has 0 aliphatic carbocycles. The van der Waals surface area contributed by atoms with E-state index >= 15 is 0 Å². The fraction of sp³-hybridized carbons (Fsp3) is 0.130. The summed E-state index contributed by atoms with van der Waals surface area (Å²) in [4.78, 5) is 23.9. The van der Waals surface area contributed by atoms with Gasteiger partial charge in [-0.05, 0) is 61.9 Å². The Morgan fingerprint density at radius 2 is 1.61 bits per heavy atom. The number of rotatable bonds is 6. The molecule has 0 heterocycles. The Hall–Kier alpha value is -2.92. The second-order valence-electron chi connectivity index (χ2n) is 6.43. The molecule has 1 N–H and O–H groups in total. The Bertz CT molecular complexity index is 981. The molecule has 5 heteroatoms. The van der Waals surface area contributed by atoms with E-state index in [1.54, 1.807) is 37.3 Å². The lowest BCUT2D eigenvalue weighted by Gasteiger charge is -2.16. The van der Waals surface area contributed by atoms with E-state index in [1.165, 1.54) is 0 Å². The van der Waals surface area contributed by atoms with E-state index in [9.17, 15) is 9.59 Å². The van der Waals surface area contributed by atoms with Gasteiger partial charge in [0.25, 0.3) is 5.91 Å². The van der Waals surface area contributed by atoms with Crippen LogP contribution in [0.5, 0.6) is 5.75 Å². The van der Waals surface area contributed by atoms with Crippen LogP contribution in [0, 0.1) is 0 Å². The molecule has 0 bridgehead atoms. The molecular formula is C23H20BrNO3. The van der Waals surface area contributed by atoms with Gasteiger partial charge in [-0.1, -0.05) is 46.3 Å². The van der Waals surface area contributed by atoms with Crippen LogP contribution in [-0.4, -0.2) is 11.7 Å². The van der Waals surface area contributed by atoms with Gasteiger partial charge in [0.1, 0.15) is 11.9 Å². The van der Waals surface area contributed by atoms with Crippen molar-refractivity contribution in [3.8, 4) is 5.75 Å². The van der Waals surface area contributed by atoms with Crippen molar-refractivity contribution in [1.29, 1.82) is 0 Å². The number of hydrogen-bond acceptors (Lipinski definition) is 3. The SMILES string of the molecule is CC(=O)c1ccc(C(C)Oc2cccc(C(=O)Nc3ccc(Br)cc3)c2)cc1.